The molecule has 2 aliphatic rings. The minimum atomic E-state index is -0.136. The third-order valence-corrected chi connectivity index (χ3v) is 4.76. The first-order chi connectivity index (χ1) is 9.22. The maximum Gasteiger partial charge on any atom is 0.123 e. The summed E-state index contributed by atoms with van der Waals surface area (Å²) in [5.74, 6) is 0.630. The summed E-state index contributed by atoms with van der Waals surface area (Å²) in [6, 6.07) is 7.52. The highest BCUT2D eigenvalue weighted by molar-refractivity contribution is 5.22. The molecule has 0 saturated heterocycles. The molecular formula is C17H24FN. The first kappa shape index (κ1) is 13.1. The maximum atomic E-state index is 13.0. The molecule has 0 spiro atoms. The molecule has 19 heavy (non-hydrogen) atoms. The van der Waals surface area contributed by atoms with Crippen molar-refractivity contribution in [2.24, 2.45) is 11.3 Å². The van der Waals surface area contributed by atoms with E-state index in [1.54, 1.807) is 12.1 Å². The molecule has 0 aliphatic heterocycles. The second-order valence-corrected chi connectivity index (χ2v) is 6.50. The lowest BCUT2D eigenvalue weighted by Gasteiger charge is -2.23. The summed E-state index contributed by atoms with van der Waals surface area (Å²) >= 11 is 0. The molecule has 1 unspecified atom stereocenters. The number of nitrogens with one attached hydrogen (secondary N) is 1. The van der Waals surface area contributed by atoms with Gasteiger partial charge in [0.1, 0.15) is 5.82 Å². The third-order valence-electron chi connectivity index (χ3n) is 4.76. The van der Waals surface area contributed by atoms with Gasteiger partial charge in [-0.1, -0.05) is 25.5 Å². The monoisotopic (exact) mass is 261 g/mol. The van der Waals surface area contributed by atoms with Crippen LogP contribution in [0.1, 0.15) is 57.1 Å². The molecule has 0 heterocycles. The van der Waals surface area contributed by atoms with Crippen LogP contribution < -0.4 is 5.32 Å². The molecule has 2 saturated carbocycles. The summed E-state index contributed by atoms with van der Waals surface area (Å²) in [6.07, 6.45) is 8.03. The van der Waals surface area contributed by atoms with Gasteiger partial charge in [-0.15, -0.1) is 0 Å². The van der Waals surface area contributed by atoms with Gasteiger partial charge in [-0.2, -0.15) is 0 Å². The molecule has 2 aliphatic carbocycles. The van der Waals surface area contributed by atoms with Crippen LogP contribution in [-0.2, 0) is 0 Å². The molecular weight excluding hydrogens is 237 g/mol. The Morgan fingerprint density at radius 2 is 1.95 bits per heavy atom. The van der Waals surface area contributed by atoms with E-state index in [-0.39, 0.29) is 5.82 Å². The number of rotatable bonds is 7. The highest BCUT2D eigenvalue weighted by atomic mass is 19.1. The fraction of sp³-hybridized carbons (Fsp3) is 0.647. The average Bonchev–Trinajstić information content (AvgIpc) is 3.28. The van der Waals surface area contributed by atoms with E-state index < -0.39 is 0 Å². The van der Waals surface area contributed by atoms with E-state index in [1.165, 1.54) is 44.1 Å². The fourth-order valence-corrected chi connectivity index (χ4v) is 3.21. The second kappa shape index (κ2) is 5.24. The molecule has 1 aromatic rings. The van der Waals surface area contributed by atoms with E-state index in [0.29, 0.717) is 11.5 Å². The van der Waals surface area contributed by atoms with Crippen molar-refractivity contribution in [3.63, 3.8) is 0 Å². The Bertz CT molecular complexity index is 417. The Labute approximate surface area is 115 Å². The highest BCUT2D eigenvalue weighted by Gasteiger charge is 2.42. The number of halogens is 1. The van der Waals surface area contributed by atoms with Crippen molar-refractivity contribution in [1.29, 1.82) is 0 Å². The quantitative estimate of drug-likeness (QED) is 0.764. The third kappa shape index (κ3) is 3.17. The van der Waals surface area contributed by atoms with Crippen molar-refractivity contribution in [2.75, 3.05) is 6.54 Å². The van der Waals surface area contributed by atoms with Crippen molar-refractivity contribution >= 4 is 0 Å². The topological polar surface area (TPSA) is 12.0 Å². The van der Waals surface area contributed by atoms with Crippen molar-refractivity contribution in [1.82, 2.24) is 5.32 Å². The molecule has 1 atom stereocenters. The van der Waals surface area contributed by atoms with Gasteiger partial charge in [0.05, 0.1) is 0 Å². The maximum absolute atomic E-state index is 13.0. The lowest BCUT2D eigenvalue weighted by molar-refractivity contribution is 0.371. The van der Waals surface area contributed by atoms with Crippen LogP contribution in [0.5, 0.6) is 0 Å². The van der Waals surface area contributed by atoms with Gasteiger partial charge in [0.2, 0.25) is 0 Å². The van der Waals surface area contributed by atoms with Crippen LogP contribution in [0.25, 0.3) is 0 Å². The summed E-state index contributed by atoms with van der Waals surface area (Å²) in [5.41, 5.74) is 1.85. The second-order valence-electron chi connectivity index (χ2n) is 6.50. The van der Waals surface area contributed by atoms with Crippen LogP contribution in [0.2, 0.25) is 0 Å². The molecule has 2 fully saturated rings. The molecule has 1 aromatic carbocycles. The summed E-state index contributed by atoms with van der Waals surface area (Å²) in [6.45, 7) is 3.41. The molecule has 0 aromatic heterocycles. The van der Waals surface area contributed by atoms with Gasteiger partial charge in [0, 0.05) is 12.6 Å². The molecule has 0 radical (unpaired) electrons. The summed E-state index contributed by atoms with van der Waals surface area (Å²) in [5, 5.41) is 3.78. The minimum Gasteiger partial charge on any atom is -0.309 e. The number of benzene rings is 1. The molecule has 3 rings (SSSR count). The van der Waals surface area contributed by atoms with Crippen LogP contribution >= 0.6 is 0 Å². The molecule has 2 heteroatoms. The van der Waals surface area contributed by atoms with Crippen LogP contribution in [0.15, 0.2) is 24.3 Å². The number of hydrogen-bond donors (Lipinski definition) is 1. The Balaban J connectivity index is 1.63. The van der Waals surface area contributed by atoms with Gasteiger partial charge in [0.25, 0.3) is 0 Å². The van der Waals surface area contributed by atoms with Crippen molar-refractivity contribution < 1.29 is 4.39 Å². The largest absolute Gasteiger partial charge is 0.309 e. The highest BCUT2D eigenvalue weighted by Crippen LogP contribution is 2.50. The smallest absolute Gasteiger partial charge is 0.123 e. The summed E-state index contributed by atoms with van der Waals surface area (Å²) in [4.78, 5) is 0. The lowest BCUT2D eigenvalue weighted by atomic mass is 9.97. The zero-order valence-corrected chi connectivity index (χ0v) is 11.8. The predicted octanol–water partition coefficient (Wildman–Crippen LogP) is 4.45. The van der Waals surface area contributed by atoms with Crippen LogP contribution in [0, 0.1) is 17.2 Å². The normalized spacial score (nSPS) is 22.2. The molecule has 0 amide bonds. The van der Waals surface area contributed by atoms with Gasteiger partial charge >= 0.3 is 0 Å². The molecule has 0 bridgehead atoms. The van der Waals surface area contributed by atoms with Crippen LogP contribution in [0.3, 0.4) is 0 Å². The van der Waals surface area contributed by atoms with Crippen LogP contribution in [-0.4, -0.2) is 6.54 Å². The van der Waals surface area contributed by atoms with E-state index in [9.17, 15) is 4.39 Å². The Kier molecular flexibility index (Phi) is 3.62. The summed E-state index contributed by atoms with van der Waals surface area (Å²) < 4.78 is 13.0. The Morgan fingerprint density at radius 1 is 1.26 bits per heavy atom. The lowest BCUT2D eigenvalue weighted by Crippen LogP contribution is -2.29. The van der Waals surface area contributed by atoms with Crippen molar-refractivity contribution in [2.45, 2.75) is 51.5 Å². The average molecular weight is 261 g/mol. The SMILES string of the molecule is CCCC1(CNC(c2ccc(F)cc2)C2CC2)CC1. The van der Waals surface area contributed by atoms with Gasteiger partial charge in [0.15, 0.2) is 0 Å². The van der Waals surface area contributed by atoms with Gasteiger partial charge in [-0.25, -0.2) is 4.39 Å². The first-order valence-electron chi connectivity index (χ1n) is 7.71. The van der Waals surface area contributed by atoms with Gasteiger partial charge in [-0.05, 0) is 61.1 Å². The first-order valence-corrected chi connectivity index (χ1v) is 7.71. The number of hydrogen-bond acceptors (Lipinski definition) is 1. The van der Waals surface area contributed by atoms with Gasteiger partial charge < -0.3 is 5.32 Å². The minimum absolute atomic E-state index is 0.136. The van der Waals surface area contributed by atoms with E-state index in [2.05, 4.69) is 12.2 Å². The standard InChI is InChI=1S/C17H24FN/c1-2-9-17(10-11-17)12-19-16(13-3-4-13)14-5-7-15(18)8-6-14/h5-8,13,16,19H,2-4,9-12H2,1H3. The van der Waals surface area contributed by atoms with E-state index in [4.69, 9.17) is 0 Å². The molecule has 104 valence electrons. The van der Waals surface area contributed by atoms with Crippen LogP contribution in [0.4, 0.5) is 4.39 Å². The van der Waals surface area contributed by atoms with Gasteiger partial charge in [-0.3, -0.25) is 0 Å². The van der Waals surface area contributed by atoms with E-state index >= 15 is 0 Å². The Hall–Kier alpha value is -0.890. The fourth-order valence-electron chi connectivity index (χ4n) is 3.21. The Morgan fingerprint density at radius 3 is 2.47 bits per heavy atom. The van der Waals surface area contributed by atoms with E-state index in [1.807, 2.05) is 12.1 Å². The molecule has 1 nitrogen and oxygen atoms in total. The van der Waals surface area contributed by atoms with Crippen molar-refractivity contribution in [3.05, 3.63) is 35.6 Å². The molecule has 1 N–H and O–H groups in total. The zero-order valence-electron chi connectivity index (χ0n) is 11.8. The van der Waals surface area contributed by atoms with Crippen molar-refractivity contribution in [3.8, 4) is 0 Å². The van der Waals surface area contributed by atoms with E-state index in [0.717, 1.165) is 12.5 Å². The predicted molar refractivity (Wildman–Crippen MR) is 76.4 cm³/mol. The summed E-state index contributed by atoms with van der Waals surface area (Å²) in [7, 11) is 0. The zero-order chi connectivity index (χ0) is 13.3.